The Hall–Kier alpha value is -1.26. The smallest absolute Gasteiger partial charge is 0.326 e. The zero-order valence-corrected chi connectivity index (χ0v) is 10.5. The Kier molecular flexibility index (Phi) is 5.25. The minimum atomic E-state index is -0.988. The lowest BCUT2D eigenvalue weighted by Crippen LogP contribution is -2.48. The Morgan fingerprint density at radius 1 is 1.24 bits per heavy atom. The molecule has 1 aliphatic rings. The number of amides is 2. The molecule has 98 valence electrons. The molecule has 5 nitrogen and oxygen atoms in total. The van der Waals surface area contributed by atoms with Crippen LogP contribution >= 0.6 is 0 Å². The first-order chi connectivity index (χ1) is 8.06. The first-order valence-electron chi connectivity index (χ1n) is 6.36. The molecule has 2 amide bonds. The van der Waals surface area contributed by atoms with Crippen molar-refractivity contribution in [2.45, 2.75) is 58.0 Å². The summed E-state index contributed by atoms with van der Waals surface area (Å²) in [5.74, 6) is -0.236. The van der Waals surface area contributed by atoms with Crippen molar-refractivity contribution in [2.75, 3.05) is 0 Å². The third kappa shape index (κ3) is 5.06. The predicted molar refractivity (Wildman–Crippen MR) is 64.8 cm³/mol. The summed E-state index contributed by atoms with van der Waals surface area (Å²) in [5, 5.41) is 14.1. The van der Waals surface area contributed by atoms with Gasteiger partial charge in [0.25, 0.3) is 0 Å². The van der Waals surface area contributed by atoms with Crippen molar-refractivity contribution in [2.24, 2.45) is 5.92 Å². The maximum atomic E-state index is 11.6. The average Bonchev–Trinajstić information content (AvgIpc) is 3.08. The fraction of sp³-hybridized carbons (Fsp3) is 0.833. The van der Waals surface area contributed by atoms with E-state index in [1.165, 1.54) is 12.8 Å². The van der Waals surface area contributed by atoms with Gasteiger partial charge < -0.3 is 15.7 Å². The summed E-state index contributed by atoms with van der Waals surface area (Å²) >= 11 is 0. The standard InChI is InChI=1S/C12H22N2O3/c1-3-9(7-8-5-6-8)13-12(17)14-10(4-2)11(15)16/h8-10H,3-7H2,1-2H3,(H,15,16)(H2,13,14,17)/t9?,10-/m0/s1. The second kappa shape index (κ2) is 6.47. The summed E-state index contributed by atoms with van der Waals surface area (Å²) in [4.78, 5) is 22.4. The number of carbonyl (C=O) groups is 2. The quantitative estimate of drug-likeness (QED) is 0.636. The lowest BCUT2D eigenvalue weighted by molar-refractivity contribution is -0.139. The minimum Gasteiger partial charge on any atom is -0.480 e. The molecule has 1 fully saturated rings. The Labute approximate surface area is 102 Å². The van der Waals surface area contributed by atoms with Crippen LogP contribution in [0.5, 0.6) is 0 Å². The first kappa shape index (κ1) is 13.8. The normalized spacial score (nSPS) is 18.2. The molecule has 0 aromatic carbocycles. The van der Waals surface area contributed by atoms with Crippen LogP contribution in [0, 0.1) is 5.92 Å². The van der Waals surface area contributed by atoms with Gasteiger partial charge in [-0.05, 0) is 25.2 Å². The van der Waals surface area contributed by atoms with Crippen LogP contribution in [-0.4, -0.2) is 29.2 Å². The Morgan fingerprint density at radius 3 is 2.29 bits per heavy atom. The highest BCUT2D eigenvalue weighted by Crippen LogP contribution is 2.33. The fourth-order valence-electron chi connectivity index (χ4n) is 1.81. The van der Waals surface area contributed by atoms with Gasteiger partial charge in [-0.1, -0.05) is 26.7 Å². The molecule has 1 rings (SSSR count). The molecule has 1 unspecified atom stereocenters. The topological polar surface area (TPSA) is 78.4 Å². The monoisotopic (exact) mass is 242 g/mol. The van der Waals surface area contributed by atoms with Crippen LogP contribution < -0.4 is 10.6 Å². The molecular weight excluding hydrogens is 220 g/mol. The molecule has 0 spiro atoms. The highest BCUT2D eigenvalue weighted by atomic mass is 16.4. The van der Waals surface area contributed by atoms with Crippen molar-refractivity contribution in [3.8, 4) is 0 Å². The summed E-state index contributed by atoms with van der Waals surface area (Å²) < 4.78 is 0. The highest BCUT2D eigenvalue weighted by molar-refractivity contribution is 5.82. The van der Waals surface area contributed by atoms with Gasteiger partial charge in [-0.25, -0.2) is 9.59 Å². The molecule has 0 aromatic heterocycles. The molecule has 5 heteroatoms. The van der Waals surface area contributed by atoms with Gasteiger partial charge >= 0.3 is 12.0 Å². The number of aliphatic carboxylic acids is 1. The Morgan fingerprint density at radius 2 is 1.88 bits per heavy atom. The van der Waals surface area contributed by atoms with E-state index in [9.17, 15) is 9.59 Å². The van der Waals surface area contributed by atoms with Crippen molar-refractivity contribution < 1.29 is 14.7 Å². The molecule has 0 heterocycles. The van der Waals surface area contributed by atoms with Crippen LogP contribution in [-0.2, 0) is 4.79 Å². The van der Waals surface area contributed by atoms with Crippen molar-refractivity contribution in [1.82, 2.24) is 10.6 Å². The van der Waals surface area contributed by atoms with E-state index in [4.69, 9.17) is 5.11 Å². The summed E-state index contributed by atoms with van der Waals surface area (Å²) in [5.41, 5.74) is 0. The first-order valence-corrected chi connectivity index (χ1v) is 6.36. The molecule has 0 saturated heterocycles. The van der Waals surface area contributed by atoms with Crippen LogP contribution in [0.4, 0.5) is 4.79 Å². The highest BCUT2D eigenvalue weighted by Gasteiger charge is 2.26. The van der Waals surface area contributed by atoms with Gasteiger partial charge in [0.15, 0.2) is 0 Å². The SMILES string of the molecule is CCC(CC1CC1)NC(=O)N[C@@H](CC)C(=O)O. The van der Waals surface area contributed by atoms with Gasteiger partial charge in [-0.3, -0.25) is 0 Å². The number of carbonyl (C=O) groups excluding carboxylic acids is 1. The van der Waals surface area contributed by atoms with Gasteiger partial charge in [0.2, 0.25) is 0 Å². The molecule has 1 aliphatic carbocycles. The van der Waals surface area contributed by atoms with E-state index in [1.807, 2.05) is 6.92 Å². The van der Waals surface area contributed by atoms with Crippen molar-refractivity contribution >= 4 is 12.0 Å². The van der Waals surface area contributed by atoms with Gasteiger partial charge in [0, 0.05) is 6.04 Å². The molecular formula is C12H22N2O3. The summed E-state index contributed by atoms with van der Waals surface area (Å²) in [7, 11) is 0. The Balaban J connectivity index is 2.32. The zero-order valence-electron chi connectivity index (χ0n) is 10.5. The summed E-state index contributed by atoms with van der Waals surface area (Å²) in [6, 6.07) is -1.01. The van der Waals surface area contributed by atoms with E-state index >= 15 is 0 Å². The zero-order chi connectivity index (χ0) is 12.8. The second-order valence-electron chi connectivity index (χ2n) is 4.70. The molecule has 0 bridgehead atoms. The van der Waals surface area contributed by atoms with Crippen LogP contribution in [0.3, 0.4) is 0 Å². The van der Waals surface area contributed by atoms with E-state index in [-0.39, 0.29) is 12.1 Å². The van der Waals surface area contributed by atoms with E-state index < -0.39 is 12.0 Å². The molecule has 2 atom stereocenters. The average molecular weight is 242 g/mol. The number of rotatable bonds is 7. The van der Waals surface area contributed by atoms with Gasteiger partial charge in [-0.15, -0.1) is 0 Å². The van der Waals surface area contributed by atoms with Crippen LogP contribution in [0.15, 0.2) is 0 Å². The Bertz CT molecular complexity index is 277. The summed E-state index contributed by atoms with van der Waals surface area (Å²) in [6.45, 7) is 3.77. The maximum Gasteiger partial charge on any atom is 0.326 e. The van der Waals surface area contributed by atoms with Crippen molar-refractivity contribution in [3.63, 3.8) is 0 Å². The van der Waals surface area contributed by atoms with Crippen LogP contribution in [0.2, 0.25) is 0 Å². The number of nitrogens with one attached hydrogen (secondary N) is 2. The predicted octanol–water partition coefficient (Wildman–Crippen LogP) is 1.73. The maximum absolute atomic E-state index is 11.6. The van der Waals surface area contributed by atoms with Crippen molar-refractivity contribution in [1.29, 1.82) is 0 Å². The number of carboxylic acid groups (broad SMARTS) is 1. The van der Waals surface area contributed by atoms with E-state index in [0.29, 0.717) is 6.42 Å². The number of hydrogen-bond donors (Lipinski definition) is 3. The van der Waals surface area contributed by atoms with E-state index in [2.05, 4.69) is 10.6 Å². The molecule has 0 radical (unpaired) electrons. The number of hydrogen-bond acceptors (Lipinski definition) is 2. The fourth-order valence-corrected chi connectivity index (χ4v) is 1.81. The summed E-state index contributed by atoms with van der Waals surface area (Å²) in [6.07, 6.45) is 4.79. The molecule has 1 saturated carbocycles. The lowest BCUT2D eigenvalue weighted by atomic mass is 10.1. The van der Waals surface area contributed by atoms with Gasteiger partial charge in [-0.2, -0.15) is 0 Å². The van der Waals surface area contributed by atoms with E-state index in [0.717, 1.165) is 18.8 Å². The number of carboxylic acids is 1. The molecule has 0 aromatic rings. The molecule has 0 aliphatic heterocycles. The lowest BCUT2D eigenvalue weighted by Gasteiger charge is -2.19. The third-order valence-corrected chi connectivity index (χ3v) is 3.15. The van der Waals surface area contributed by atoms with Crippen LogP contribution in [0.1, 0.15) is 46.0 Å². The number of urea groups is 1. The second-order valence-corrected chi connectivity index (χ2v) is 4.70. The molecule has 17 heavy (non-hydrogen) atoms. The van der Waals surface area contributed by atoms with E-state index in [1.54, 1.807) is 6.92 Å². The van der Waals surface area contributed by atoms with Crippen molar-refractivity contribution in [3.05, 3.63) is 0 Å². The third-order valence-electron chi connectivity index (χ3n) is 3.15. The van der Waals surface area contributed by atoms with Crippen LogP contribution in [0.25, 0.3) is 0 Å². The largest absolute Gasteiger partial charge is 0.480 e. The molecule has 3 N–H and O–H groups in total. The van der Waals surface area contributed by atoms with Gasteiger partial charge in [0.1, 0.15) is 6.04 Å². The minimum absolute atomic E-state index is 0.161. The van der Waals surface area contributed by atoms with Gasteiger partial charge in [0.05, 0.1) is 0 Å².